The normalized spacial score (nSPS) is 17.4. The molecule has 0 amide bonds. The molecule has 0 aromatic heterocycles. The predicted octanol–water partition coefficient (Wildman–Crippen LogP) is 2.74. The highest BCUT2D eigenvalue weighted by atomic mass is 35.5. The molecule has 1 aliphatic rings. The van der Waals surface area contributed by atoms with E-state index in [9.17, 15) is 17.6 Å². The van der Waals surface area contributed by atoms with Crippen molar-refractivity contribution in [2.24, 2.45) is 0 Å². The standard InChI is InChI=1S/C13H15ClFNO4S/c14-12-10(13(17)18)7-9(8-11(12)15)21(19,20)16-5-3-1-2-4-6-16/h7-8H,1-6H2,(H,17,18). The maximum atomic E-state index is 13.7. The summed E-state index contributed by atoms with van der Waals surface area (Å²) in [5.74, 6) is -2.52. The quantitative estimate of drug-likeness (QED) is 0.921. The Morgan fingerprint density at radius 3 is 2.29 bits per heavy atom. The van der Waals surface area contributed by atoms with E-state index in [2.05, 4.69) is 0 Å². The Morgan fingerprint density at radius 2 is 1.76 bits per heavy atom. The minimum Gasteiger partial charge on any atom is -0.478 e. The predicted molar refractivity (Wildman–Crippen MR) is 75.6 cm³/mol. The van der Waals surface area contributed by atoms with Crippen molar-refractivity contribution in [1.82, 2.24) is 4.31 Å². The van der Waals surface area contributed by atoms with Crippen molar-refractivity contribution in [1.29, 1.82) is 0 Å². The van der Waals surface area contributed by atoms with E-state index >= 15 is 0 Å². The summed E-state index contributed by atoms with van der Waals surface area (Å²) in [6.07, 6.45) is 3.37. The van der Waals surface area contributed by atoms with Gasteiger partial charge in [-0.15, -0.1) is 0 Å². The first kappa shape index (κ1) is 16.2. The van der Waals surface area contributed by atoms with Crippen LogP contribution in [0.5, 0.6) is 0 Å². The second kappa shape index (κ2) is 6.29. The Kier molecular flexibility index (Phi) is 4.85. The highest BCUT2D eigenvalue weighted by Crippen LogP contribution is 2.27. The van der Waals surface area contributed by atoms with Gasteiger partial charge in [0.2, 0.25) is 10.0 Å². The van der Waals surface area contributed by atoms with E-state index in [-0.39, 0.29) is 4.90 Å². The zero-order valence-electron chi connectivity index (χ0n) is 11.2. The lowest BCUT2D eigenvalue weighted by atomic mass is 10.2. The van der Waals surface area contributed by atoms with Crippen molar-refractivity contribution in [2.45, 2.75) is 30.6 Å². The van der Waals surface area contributed by atoms with Crippen LogP contribution in [0.3, 0.4) is 0 Å². The highest BCUT2D eigenvalue weighted by molar-refractivity contribution is 7.89. The van der Waals surface area contributed by atoms with E-state index in [1.54, 1.807) is 0 Å². The van der Waals surface area contributed by atoms with Crippen molar-refractivity contribution in [2.75, 3.05) is 13.1 Å². The molecule has 1 saturated heterocycles. The van der Waals surface area contributed by atoms with Crippen molar-refractivity contribution in [3.63, 3.8) is 0 Å². The molecule has 0 spiro atoms. The van der Waals surface area contributed by atoms with Gasteiger partial charge in [-0.1, -0.05) is 24.4 Å². The number of sulfonamides is 1. The number of aromatic carboxylic acids is 1. The Morgan fingerprint density at radius 1 is 1.19 bits per heavy atom. The average Bonchev–Trinajstić information content (AvgIpc) is 2.70. The molecule has 8 heteroatoms. The molecule has 2 rings (SSSR count). The van der Waals surface area contributed by atoms with Crippen LogP contribution in [0.1, 0.15) is 36.0 Å². The minimum absolute atomic E-state index is 0.356. The number of carboxylic acids is 1. The number of carboxylic acid groups (broad SMARTS) is 1. The van der Waals surface area contributed by atoms with Gasteiger partial charge in [-0.25, -0.2) is 17.6 Å². The fraction of sp³-hybridized carbons (Fsp3) is 0.462. The number of nitrogens with zero attached hydrogens (tertiary/aromatic N) is 1. The fourth-order valence-electron chi connectivity index (χ4n) is 2.30. The number of hydrogen-bond donors (Lipinski definition) is 1. The summed E-state index contributed by atoms with van der Waals surface area (Å²) in [5, 5.41) is 8.39. The van der Waals surface area contributed by atoms with Crippen molar-refractivity contribution in [3.8, 4) is 0 Å². The van der Waals surface area contributed by atoms with Gasteiger partial charge in [-0.2, -0.15) is 4.31 Å². The van der Waals surface area contributed by atoms with Crippen LogP contribution in [0, 0.1) is 5.82 Å². The van der Waals surface area contributed by atoms with Gasteiger partial charge in [0.1, 0.15) is 5.82 Å². The van der Waals surface area contributed by atoms with Gasteiger partial charge in [0.15, 0.2) is 0 Å². The molecule has 21 heavy (non-hydrogen) atoms. The van der Waals surface area contributed by atoms with Crippen LogP contribution in [0.4, 0.5) is 4.39 Å². The first-order valence-corrected chi connectivity index (χ1v) is 8.38. The van der Waals surface area contributed by atoms with E-state index in [1.807, 2.05) is 0 Å². The Balaban J connectivity index is 2.46. The van der Waals surface area contributed by atoms with Crippen molar-refractivity contribution >= 4 is 27.6 Å². The summed E-state index contributed by atoms with van der Waals surface area (Å²) in [6, 6.07) is 1.68. The lowest BCUT2D eigenvalue weighted by Gasteiger charge is -2.20. The summed E-state index contributed by atoms with van der Waals surface area (Å²) < 4.78 is 40.0. The summed E-state index contributed by atoms with van der Waals surface area (Å²) in [4.78, 5) is 10.7. The first-order chi connectivity index (χ1) is 9.84. The molecule has 0 aliphatic carbocycles. The largest absolute Gasteiger partial charge is 0.478 e. The third-order valence-corrected chi connectivity index (χ3v) is 5.70. The molecule has 1 fully saturated rings. The maximum Gasteiger partial charge on any atom is 0.337 e. The molecule has 0 bridgehead atoms. The zero-order chi connectivity index (χ0) is 15.6. The second-order valence-electron chi connectivity index (χ2n) is 4.89. The summed E-state index contributed by atoms with van der Waals surface area (Å²) in [5.41, 5.74) is -0.551. The highest BCUT2D eigenvalue weighted by Gasteiger charge is 2.28. The van der Waals surface area contributed by atoms with Crippen molar-refractivity contribution < 1.29 is 22.7 Å². The molecule has 116 valence electrons. The molecule has 0 unspecified atom stereocenters. The topological polar surface area (TPSA) is 74.7 Å². The maximum absolute atomic E-state index is 13.7. The number of hydrogen-bond acceptors (Lipinski definition) is 3. The van der Waals surface area contributed by atoms with Gasteiger partial charge in [0.05, 0.1) is 15.5 Å². The van der Waals surface area contributed by atoms with E-state index < -0.39 is 32.4 Å². The van der Waals surface area contributed by atoms with Crippen LogP contribution >= 0.6 is 11.6 Å². The van der Waals surface area contributed by atoms with E-state index in [4.69, 9.17) is 16.7 Å². The van der Waals surface area contributed by atoms with Crippen molar-refractivity contribution in [3.05, 3.63) is 28.5 Å². The van der Waals surface area contributed by atoms with Gasteiger partial charge < -0.3 is 5.11 Å². The molecule has 0 radical (unpaired) electrons. The molecule has 1 aromatic carbocycles. The van der Waals surface area contributed by atoms with Gasteiger partial charge >= 0.3 is 5.97 Å². The van der Waals surface area contributed by atoms with Crippen LogP contribution in [0.15, 0.2) is 17.0 Å². The SMILES string of the molecule is O=C(O)c1cc(S(=O)(=O)N2CCCCCC2)cc(F)c1Cl. The van der Waals surface area contributed by atoms with Crippen LogP contribution in [-0.2, 0) is 10.0 Å². The Labute approximate surface area is 127 Å². The first-order valence-electron chi connectivity index (χ1n) is 6.56. The molecule has 1 aromatic rings. The van der Waals surface area contributed by atoms with Crippen LogP contribution in [0.25, 0.3) is 0 Å². The third-order valence-electron chi connectivity index (χ3n) is 3.43. The smallest absolute Gasteiger partial charge is 0.337 e. The molecular weight excluding hydrogens is 321 g/mol. The van der Waals surface area contributed by atoms with Crippen LogP contribution in [-0.4, -0.2) is 36.9 Å². The number of rotatable bonds is 3. The summed E-state index contributed by atoms with van der Waals surface area (Å²) >= 11 is 5.56. The van der Waals surface area contributed by atoms with Gasteiger partial charge in [0, 0.05) is 13.1 Å². The molecule has 0 saturated carbocycles. The molecule has 1 heterocycles. The van der Waals surface area contributed by atoms with Gasteiger partial charge in [-0.3, -0.25) is 0 Å². The third kappa shape index (κ3) is 3.36. The number of benzene rings is 1. The summed E-state index contributed by atoms with van der Waals surface area (Å²) in [7, 11) is -3.91. The molecular formula is C13H15ClFNO4S. The summed E-state index contributed by atoms with van der Waals surface area (Å²) in [6.45, 7) is 0.712. The van der Waals surface area contributed by atoms with Gasteiger partial charge in [-0.05, 0) is 25.0 Å². The Hall–Kier alpha value is -1.18. The number of carbonyl (C=O) groups is 1. The lowest BCUT2D eigenvalue weighted by molar-refractivity contribution is 0.0696. The van der Waals surface area contributed by atoms with E-state index in [1.165, 1.54) is 4.31 Å². The van der Waals surface area contributed by atoms with Crippen LogP contribution < -0.4 is 0 Å². The molecule has 1 aliphatic heterocycles. The van der Waals surface area contributed by atoms with E-state index in [0.29, 0.717) is 13.1 Å². The fourth-order valence-corrected chi connectivity index (χ4v) is 4.05. The monoisotopic (exact) mass is 335 g/mol. The molecule has 5 nitrogen and oxygen atoms in total. The lowest BCUT2D eigenvalue weighted by Crippen LogP contribution is -2.32. The van der Waals surface area contributed by atoms with Gasteiger partial charge in [0.25, 0.3) is 0 Å². The average molecular weight is 336 g/mol. The van der Waals surface area contributed by atoms with Crippen LogP contribution in [0.2, 0.25) is 5.02 Å². The minimum atomic E-state index is -3.91. The van der Waals surface area contributed by atoms with E-state index in [0.717, 1.165) is 37.8 Å². The number of halogens is 2. The zero-order valence-corrected chi connectivity index (χ0v) is 12.8. The Bertz CT molecular complexity index is 654. The second-order valence-corrected chi connectivity index (χ2v) is 7.21. The molecule has 0 atom stereocenters. The molecule has 1 N–H and O–H groups in total.